The average Bonchev–Trinajstić information content (AvgIpc) is 2.33. The van der Waals surface area contributed by atoms with Gasteiger partial charge in [0, 0.05) is 19.5 Å². The van der Waals surface area contributed by atoms with E-state index in [1.165, 1.54) is 6.07 Å². The lowest BCUT2D eigenvalue weighted by Crippen LogP contribution is -2.54. The van der Waals surface area contributed by atoms with Crippen LogP contribution in [0, 0.1) is 0 Å². The van der Waals surface area contributed by atoms with E-state index in [9.17, 15) is 9.82 Å². The third kappa shape index (κ3) is 2.32. The van der Waals surface area contributed by atoms with E-state index in [1.54, 1.807) is 12.1 Å². The normalized spacial score (nSPS) is 22.4. The van der Waals surface area contributed by atoms with Crippen LogP contribution in [0.3, 0.4) is 0 Å². The van der Waals surface area contributed by atoms with Gasteiger partial charge in [0.1, 0.15) is 11.8 Å². The molecule has 1 saturated heterocycles. The monoisotopic (exact) mass is 263 g/mol. The summed E-state index contributed by atoms with van der Waals surface area (Å²) in [5, 5.41) is 22.1. The van der Waals surface area contributed by atoms with Gasteiger partial charge in [0.15, 0.2) is 0 Å². The van der Waals surface area contributed by atoms with Crippen molar-refractivity contribution in [1.29, 1.82) is 0 Å². The van der Waals surface area contributed by atoms with Gasteiger partial charge in [-0.05, 0) is 11.6 Å². The Morgan fingerprint density at radius 3 is 2.89 bits per heavy atom. The molecule has 0 spiro atoms. The van der Waals surface area contributed by atoms with E-state index < -0.39 is 19.1 Å². The molecule has 100 valence electrons. The van der Waals surface area contributed by atoms with Gasteiger partial charge in [-0.1, -0.05) is 12.1 Å². The second-order valence-corrected chi connectivity index (χ2v) is 4.77. The molecule has 7 heteroatoms. The molecule has 6 nitrogen and oxygen atoms in total. The summed E-state index contributed by atoms with van der Waals surface area (Å²) in [5.74, 6) is -0.819. The lowest BCUT2D eigenvalue weighted by Gasteiger charge is -2.34. The summed E-state index contributed by atoms with van der Waals surface area (Å²) in [6.45, 7) is 1.54. The molecule has 0 aromatic heterocycles. The minimum absolute atomic E-state index is 0.0697. The Balaban J connectivity index is 1.82. The van der Waals surface area contributed by atoms with Gasteiger partial charge in [-0.2, -0.15) is 0 Å². The molecular formula is C12H14BNO5. The van der Waals surface area contributed by atoms with Crippen molar-refractivity contribution in [3.8, 4) is 5.75 Å². The molecular weight excluding hydrogens is 249 g/mol. The fourth-order valence-corrected chi connectivity index (χ4v) is 2.29. The fourth-order valence-electron chi connectivity index (χ4n) is 2.29. The van der Waals surface area contributed by atoms with Crippen molar-refractivity contribution in [1.82, 2.24) is 5.32 Å². The first-order valence-electron chi connectivity index (χ1n) is 6.21. The highest BCUT2D eigenvalue weighted by Crippen LogP contribution is 2.31. The number of ether oxygens (including phenoxy) is 1. The molecule has 1 aromatic rings. The molecule has 0 aliphatic carbocycles. The summed E-state index contributed by atoms with van der Waals surface area (Å²) >= 11 is 0. The molecule has 1 fully saturated rings. The molecule has 0 amide bonds. The number of rotatable bonds is 3. The van der Waals surface area contributed by atoms with Crippen molar-refractivity contribution in [2.75, 3.05) is 13.1 Å². The van der Waals surface area contributed by atoms with Crippen LogP contribution in [0.25, 0.3) is 0 Å². The van der Waals surface area contributed by atoms with Crippen LogP contribution in [0.1, 0.15) is 15.9 Å². The molecule has 2 heterocycles. The number of hydrogen-bond acceptors (Lipinski definition) is 5. The highest BCUT2D eigenvalue weighted by molar-refractivity contribution is 6.46. The molecule has 1 aromatic carbocycles. The number of fused-ring (bicyclic) bond motifs is 1. The second kappa shape index (κ2) is 4.84. The number of carboxylic acid groups (broad SMARTS) is 1. The van der Waals surface area contributed by atoms with Gasteiger partial charge in [0.2, 0.25) is 0 Å². The van der Waals surface area contributed by atoms with Crippen LogP contribution in [-0.2, 0) is 11.2 Å². The summed E-state index contributed by atoms with van der Waals surface area (Å²) in [4.78, 5) is 11.1. The predicted molar refractivity (Wildman–Crippen MR) is 67.2 cm³/mol. The van der Waals surface area contributed by atoms with Gasteiger partial charge in [-0.3, -0.25) is 0 Å². The van der Waals surface area contributed by atoms with Crippen molar-refractivity contribution in [2.24, 2.45) is 0 Å². The van der Waals surface area contributed by atoms with E-state index in [2.05, 4.69) is 5.32 Å². The standard InChI is InChI=1S/C12H14BNO5/c15-12(16)9-3-1-2-7-4-10(13(17)19-11(7)9)18-8-5-14-6-8/h1-3,8,10,14,17H,4-6H2,(H,15,16)/t10-/m0/s1. The summed E-state index contributed by atoms with van der Waals surface area (Å²) in [6, 6.07) is 4.47. The summed E-state index contributed by atoms with van der Waals surface area (Å²) in [5.41, 5.74) is 0.822. The average molecular weight is 263 g/mol. The van der Waals surface area contributed by atoms with Gasteiger partial charge >= 0.3 is 13.1 Å². The van der Waals surface area contributed by atoms with Crippen molar-refractivity contribution >= 4 is 13.1 Å². The van der Waals surface area contributed by atoms with Crippen LogP contribution < -0.4 is 9.97 Å². The Hall–Kier alpha value is -1.57. The molecule has 3 rings (SSSR count). The number of carboxylic acids is 1. The highest BCUT2D eigenvalue weighted by Gasteiger charge is 2.39. The Kier molecular flexibility index (Phi) is 3.18. The minimum Gasteiger partial charge on any atom is -0.534 e. The van der Waals surface area contributed by atoms with Gasteiger partial charge < -0.3 is 24.8 Å². The van der Waals surface area contributed by atoms with Gasteiger partial charge in [-0.25, -0.2) is 4.79 Å². The maximum atomic E-state index is 11.1. The zero-order chi connectivity index (χ0) is 13.4. The third-order valence-electron chi connectivity index (χ3n) is 3.42. The van der Waals surface area contributed by atoms with Gasteiger partial charge in [0.05, 0.1) is 11.7 Å². The largest absolute Gasteiger partial charge is 0.554 e. The van der Waals surface area contributed by atoms with E-state index in [-0.39, 0.29) is 17.4 Å². The molecule has 2 aliphatic heterocycles. The number of aromatic carboxylic acids is 1. The number of hydrogen-bond donors (Lipinski definition) is 3. The SMILES string of the molecule is O=C(O)c1cccc2c1OB(O)[C@@H](OC1CNC1)C2. The van der Waals surface area contributed by atoms with Crippen molar-refractivity contribution in [3.05, 3.63) is 29.3 Å². The second-order valence-electron chi connectivity index (χ2n) is 4.77. The molecule has 0 saturated carbocycles. The Labute approximate surface area is 110 Å². The fraction of sp³-hybridized carbons (Fsp3) is 0.417. The maximum absolute atomic E-state index is 11.1. The molecule has 19 heavy (non-hydrogen) atoms. The van der Waals surface area contributed by atoms with E-state index in [0.29, 0.717) is 6.42 Å². The van der Waals surface area contributed by atoms with Crippen LogP contribution in [0.5, 0.6) is 5.75 Å². The van der Waals surface area contributed by atoms with E-state index in [4.69, 9.17) is 14.5 Å². The van der Waals surface area contributed by atoms with Crippen LogP contribution in [0.4, 0.5) is 0 Å². The quantitative estimate of drug-likeness (QED) is 0.649. The number of carbonyl (C=O) groups is 1. The summed E-state index contributed by atoms with van der Waals surface area (Å²) in [6.07, 6.45) is 0.543. The number of nitrogens with one attached hydrogen (secondary N) is 1. The Morgan fingerprint density at radius 1 is 1.47 bits per heavy atom. The lowest BCUT2D eigenvalue weighted by molar-refractivity contribution is -0.0168. The van der Waals surface area contributed by atoms with Crippen LogP contribution in [0.2, 0.25) is 0 Å². The zero-order valence-electron chi connectivity index (χ0n) is 10.2. The van der Waals surface area contributed by atoms with E-state index in [0.717, 1.165) is 18.7 Å². The Morgan fingerprint density at radius 2 is 2.26 bits per heavy atom. The lowest BCUT2D eigenvalue weighted by atomic mass is 9.74. The third-order valence-corrected chi connectivity index (χ3v) is 3.42. The Bertz CT molecular complexity index is 505. The molecule has 0 radical (unpaired) electrons. The number of para-hydroxylation sites is 1. The van der Waals surface area contributed by atoms with Crippen molar-refractivity contribution in [3.63, 3.8) is 0 Å². The maximum Gasteiger partial charge on any atom is 0.554 e. The first-order valence-corrected chi connectivity index (χ1v) is 6.21. The smallest absolute Gasteiger partial charge is 0.534 e. The van der Waals surface area contributed by atoms with E-state index in [1.807, 2.05) is 0 Å². The van der Waals surface area contributed by atoms with Crippen molar-refractivity contribution < 1.29 is 24.3 Å². The first kappa shape index (κ1) is 12.5. The highest BCUT2D eigenvalue weighted by atomic mass is 16.6. The number of benzene rings is 1. The topological polar surface area (TPSA) is 88.0 Å². The first-order chi connectivity index (χ1) is 9.15. The van der Waals surface area contributed by atoms with Gasteiger partial charge in [0.25, 0.3) is 0 Å². The van der Waals surface area contributed by atoms with Crippen molar-refractivity contribution in [2.45, 2.75) is 18.5 Å². The minimum atomic E-state index is -1.13. The molecule has 0 bridgehead atoms. The van der Waals surface area contributed by atoms with Gasteiger partial charge in [-0.15, -0.1) is 0 Å². The molecule has 1 atom stereocenters. The molecule has 2 aliphatic rings. The van der Waals surface area contributed by atoms with Crippen LogP contribution in [0.15, 0.2) is 18.2 Å². The van der Waals surface area contributed by atoms with E-state index >= 15 is 0 Å². The summed E-state index contributed by atoms with van der Waals surface area (Å²) in [7, 11) is -1.13. The molecule has 0 unspecified atom stereocenters. The zero-order valence-corrected chi connectivity index (χ0v) is 10.2. The van der Waals surface area contributed by atoms with Crippen LogP contribution in [-0.4, -0.2) is 48.4 Å². The molecule has 3 N–H and O–H groups in total. The van der Waals surface area contributed by atoms with Crippen LogP contribution >= 0.6 is 0 Å². The predicted octanol–water partition coefficient (Wildman–Crippen LogP) is -0.304. The summed E-state index contributed by atoms with van der Waals surface area (Å²) < 4.78 is 11.0.